The summed E-state index contributed by atoms with van der Waals surface area (Å²) in [6.45, 7) is 0. The summed E-state index contributed by atoms with van der Waals surface area (Å²) in [6.07, 6.45) is 0. The molecule has 0 aliphatic rings. The Morgan fingerprint density at radius 1 is 0.560 bits per heavy atom. The number of carbonyl (C=O) groups is 1. The predicted molar refractivity (Wildman–Crippen MR) is 174 cm³/mol. The molecule has 0 aliphatic carbocycles. The minimum absolute atomic E-state index is 0.0116. The first-order valence-electron chi connectivity index (χ1n) is 13.8. The number of hydrogen-bond donors (Lipinski definition) is 3. The Bertz CT molecular complexity index is 2430. The van der Waals surface area contributed by atoms with Gasteiger partial charge >= 0.3 is 0 Å². The maximum atomic E-state index is 11.7. The van der Waals surface area contributed by atoms with Crippen molar-refractivity contribution in [1.82, 2.24) is 0 Å². The van der Waals surface area contributed by atoms with E-state index in [-0.39, 0.29) is 28.4 Å². The summed E-state index contributed by atoms with van der Waals surface area (Å²) in [6, 6.07) is 22.4. The van der Waals surface area contributed by atoms with Gasteiger partial charge < -0.3 is 35.6 Å². The maximum Gasteiger partial charge on any atom is 0.126 e. The van der Waals surface area contributed by atoms with E-state index in [4.69, 9.17) is 11.5 Å². The standard InChI is InChI=1S/C31H24N8O9S2/c32-24-15-25(33)28(39-37-26-11-10-22(49(43,44)45)14-30(26)50(46,47)48)16-27(24)38-35-20-7-3-18(4-8-20)17-1-5-19(6-2-17)34-36-21-9-12-29(40)23(13-21)31(41)42/h1-16,40H,32-33H2,(H,41,42)(H,43,44,45)(H,46,47,48)/p-3. The summed E-state index contributed by atoms with van der Waals surface area (Å²) in [4.78, 5) is 9.09. The van der Waals surface area contributed by atoms with Crippen molar-refractivity contribution in [3.63, 3.8) is 0 Å². The van der Waals surface area contributed by atoms with Crippen molar-refractivity contribution in [1.29, 1.82) is 0 Å². The number of aromatic carboxylic acids is 1. The van der Waals surface area contributed by atoms with Crippen LogP contribution in [0, 0.1) is 0 Å². The van der Waals surface area contributed by atoms with E-state index in [9.17, 15) is 40.9 Å². The summed E-state index contributed by atoms with van der Waals surface area (Å²) in [5.74, 6) is -1.97. The van der Waals surface area contributed by atoms with Crippen LogP contribution in [0.3, 0.4) is 0 Å². The van der Waals surface area contributed by atoms with Gasteiger partial charge in [0.2, 0.25) is 0 Å². The number of benzene rings is 5. The Hall–Kier alpha value is -6.41. The molecule has 0 saturated heterocycles. The number of carbonyl (C=O) groups excluding carboxylic acids is 1. The minimum Gasteiger partial charge on any atom is -0.744 e. The average molecular weight is 714 g/mol. The fourth-order valence-corrected chi connectivity index (χ4v) is 5.45. The van der Waals surface area contributed by atoms with Crippen LogP contribution < -0.4 is 16.6 Å². The largest absolute Gasteiger partial charge is 0.744 e. The third kappa shape index (κ3) is 8.35. The number of rotatable bonds is 10. The van der Waals surface area contributed by atoms with E-state index < -0.39 is 53.0 Å². The molecule has 5 N–H and O–H groups in total. The Kier molecular flexibility index (Phi) is 9.76. The van der Waals surface area contributed by atoms with Gasteiger partial charge in [-0.2, -0.15) is 15.3 Å². The van der Waals surface area contributed by atoms with Gasteiger partial charge in [0.1, 0.15) is 43.0 Å². The molecular formula is C31H21N8O9S2-3. The Morgan fingerprint density at radius 2 is 1.04 bits per heavy atom. The molecule has 0 aromatic heterocycles. The van der Waals surface area contributed by atoms with Crippen LogP contribution in [0.4, 0.5) is 45.5 Å². The normalized spacial score (nSPS) is 12.3. The number of nitrogens with zero attached hydrogens (tertiary/aromatic N) is 6. The minimum atomic E-state index is -5.25. The summed E-state index contributed by atoms with van der Waals surface area (Å²) < 4.78 is 68.9. The monoisotopic (exact) mass is 713 g/mol. The maximum absolute atomic E-state index is 11.7. The summed E-state index contributed by atoms with van der Waals surface area (Å²) in [5.41, 5.74) is 14.1. The van der Waals surface area contributed by atoms with Crippen LogP contribution in [0.1, 0.15) is 10.4 Å². The number of hydrogen-bond acceptors (Lipinski definition) is 17. The number of carboxylic acids is 1. The first-order chi connectivity index (χ1) is 23.6. The zero-order chi connectivity index (χ0) is 36.2. The number of aromatic hydroxyl groups is 1. The van der Waals surface area contributed by atoms with Crippen LogP contribution in [-0.2, 0) is 20.2 Å². The van der Waals surface area contributed by atoms with Gasteiger partial charge in [-0.3, -0.25) is 0 Å². The van der Waals surface area contributed by atoms with E-state index in [2.05, 4.69) is 30.7 Å². The molecule has 5 rings (SSSR count). The lowest BCUT2D eigenvalue weighted by Crippen LogP contribution is -2.22. The second kappa shape index (κ2) is 14.0. The van der Waals surface area contributed by atoms with E-state index in [1.54, 1.807) is 48.5 Å². The highest BCUT2D eigenvalue weighted by Crippen LogP contribution is 2.37. The van der Waals surface area contributed by atoms with Gasteiger partial charge in [0.25, 0.3) is 0 Å². The molecule has 0 heterocycles. The second-order valence-electron chi connectivity index (χ2n) is 10.2. The highest BCUT2D eigenvalue weighted by molar-refractivity contribution is 7.86. The van der Waals surface area contributed by atoms with E-state index in [0.717, 1.165) is 29.3 Å². The Balaban J connectivity index is 1.31. The molecule has 0 spiro atoms. The van der Waals surface area contributed by atoms with Crippen LogP contribution in [0.15, 0.2) is 138 Å². The summed E-state index contributed by atoms with van der Waals surface area (Å²) >= 11 is 0. The van der Waals surface area contributed by atoms with Crippen LogP contribution in [-0.4, -0.2) is 37.0 Å². The zero-order valence-corrected chi connectivity index (χ0v) is 26.7. The van der Waals surface area contributed by atoms with Crippen molar-refractivity contribution in [3.05, 3.63) is 103 Å². The van der Waals surface area contributed by atoms with E-state index in [0.29, 0.717) is 17.4 Å². The number of phenols is 1. The number of carboxylic acid groups (broad SMARTS) is 1. The van der Waals surface area contributed by atoms with Crippen LogP contribution in [0.5, 0.6) is 5.75 Å². The molecule has 0 fully saturated rings. The van der Waals surface area contributed by atoms with Crippen molar-refractivity contribution in [2.75, 3.05) is 11.5 Å². The van der Waals surface area contributed by atoms with Crippen molar-refractivity contribution in [2.45, 2.75) is 9.79 Å². The third-order valence-corrected chi connectivity index (χ3v) is 8.45. The topological polar surface area (TPSA) is 301 Å². The number of nitrogen functional groups attached to an aromatic ring is 2. The lowest BCUT2D eigenvalue weighted by molar-refractivity contribution is -0.255. The quantitative estimate of drug-likeness (QED) is 0.0903. The van der Waals surface area contributed by atoms with Crippen LogP contribution >= 0.6 is 0 Å². The lowest BCUT2D eigenvalue weighted by Gasteiger charge is -2.13. The molecule has 5 aromatic rings. The lowest BCUT2D eigenvalue weighted by atomic mass is 10.1. The number of nitrogens with two attached hydrogens (primary N) is 2. The zero-order valence-electron chi connectivity index (χ0n) is 25.1. The van der Waals surface area contributed by atoms with Gasteiger partial charge in [-0.15, -0.1) is 15.3 Å². The molecule has 19 heteroatoms. The molecule has 0 saturated carbocycles. The van der Waals surface area contributed by atoms with E-state index in [1.165, 1.54) is 24.3 Å². The SMILES string of the molecule is Nc1cc(N)c(N=Nc2ccc(S(=O)(=O)[O-])cc2S(=O)(=O)[O-])cc1N=Nc1ccc(-c2ccc(N=Nc3ccc(O)c(C(=O)[O-])c3)cc2)cc1. The third-order valence-electron chi connectivity index (χ3n) is 6.75. The molecule has 0 unspecified atom stereocenters. The fourth-order valence-electron chi connectivity index (χ4n) is 4.24. The van der Waals surface area contributed by atoms with Gasteiger partial charge in [0.05, 0.1) is 44.2 Å². The van der Waals surface area contributed by atoms with Gasteiger partial charge in [0, 0.05) is 5.56 Å². The van der Waals surface area contributed by atoms with Gasteiger partial charge in [-0.25, -0.2) is 16.8 Å². The summed E-state index contributed by atoms with van der Waals surface area (Å²) in [5, 5.41) is 44.6. The fraction of sp³-hybridized carbons (Fsp3) is 0. The van der Waals surface area contributed by atoms with Gasteiger partial charge in [-0.05, 0) is 83.9 Å². The number of anilines is 2. The second-order valence-corrected chi connectivity index (χ2v) is 12.9. The highest BCUT2D eigenvalue weighted by Gasteiger charge is 2.14. The molecule has 0 aliphatic heterocycles. The van der Waals surface area contributed by atoms with E-state index >= 15 is 0 Å². The van der Waals surface area contributed by atoms with Crippen molar-refractivity contribution >= 4 is 71.7 Å². The molecule has 0 atom stereocenters. The molecule has 17 nitrogen and oxygen atoms in total. The molecular weight excluding hydrogens is 693 g/mol. The Labute approximate surface area is 283 Å². The highest BCUT2D eigenvalue weighted by atomic mass is 32.2. The molecule has 0 bridgehead atoms. The van der Waals surface area contributed by atoms with Gasteiger partial charge in [0.15, 0.2) is 0 Å². The van der Waals surface area contributed by atoms with Crippen LogP contribution in [0.25, 0.3) is 11.1 Å². The van der Waals surface area contributed by atoms with Crippen molar-refractivity contribution in [3.8, 4) is 16.9 Å². The smallest absolute Gasteiger partial charge is 0.126 e. The average Bonchev–Trinajstić information content (AvgIpc) is 3.06. The Morgan fingerprint density at radius 3 is 1.56 bits per heavy atom. The van der Waals surface area contributed by atoms with Crippen LogP contribution in [0.2, 0.25) is 0 Å². The number of azo groups is 3. The van der Waals surface area contributed by atoms with Crippen molar-refractivity contribution < 1.29 is 40.9 Å². The van der Waals surface area contributed by atoms with E-state index in [1.807, 2.05) is 0 Å². The first kappa shape index (κ1) is 34.9. The van der Waals surface area contributed by atoms with Gasteiger partial charge in [-0.1, -0.05) is 24.3 Å². The summed E-state index contributed by atoms with van der Waals surface area (Å²) in [7, 11) is -10.3. The molecule has 254 valence electrons. The first-order valence-corrected chi connectivity index (χ1v) is 16.6. The van der Waals surface area contributed by atoms with Crippen molar-refractivity contribution in [2.24, 2.45) is 30.7 Å². The molecule has 50 heavy (non-hydrogen) atoms. The molecule has 0 amide bonds. The molecule has 5 aromatic carbocycles. The predicted octanol–water partition coefficient (Wildman–Crippen LogP) is 5.64. The molecule has 0 radical (unpaired) electrons.